The molecule has 0 radical (unpaired) electrons. The highest BCUT2D eigenvalue weighted by atomic mass is 35.5. The summed E-state index contributed by atoms with van der Waals surface area (Å²) in [6.07, 6.45) is 0.982. The van der Waals surface area contributed by atoms with Gasteiger partial charge in [-0.15, -0.1) is 22.9 Å². The van der Waals surface area contributed by atoms with E-state index in [2.05, 4.69) is 34.0 Å². The van der Waals surface area contributed by atoms with E-state index >= 15 is 0 Å². The standard InChI is InChI=1S/C15H14Cl2N2S/c1-10(7-12-3-2-6-20-12)19-14-5-4-11(17)8-13(14)18-15(19)9-16/h2-6,8,10H,7,9H2,1H3. The average molecular weight is 325 g/mol. The molecule has 0 saturated heterocycles. The molecule has 1 aromatic carbocycles. The number of aromatic nitrogens is 2. The Morgan fingerprint density at radius 2 is 2.20 bits per heavy atom. The Bertz CT molecular complexity index is 719. The van der Waals surface area contributed by atoms with Crippen LogP contribution in [0.4, 0.5) is 0 Å². The topological polar surface area (TPSA) is 17.8 Å². The Labute approximate surface area is 132 Å². The summed E-state index contributed by atoms with van der Waals surface area (Å²) in [5, 5.41) is 2.81. The lowest BCUT2D eigenvalue weighted by molar-refractivity contribution is 0.547. The second kappa shape index (κ2) is 5.76. The van der Waals surface area contributed by atoms with E-state index in [9.17, 15) is 0 Å². The van der Waals surface area contributed by atoms with Gasteiger partial charge in [0, 0.05) is 22.4 Å². The zero-order valence-corrected chi connectivity index (χ0v) is 13.3. The molecule has 20 heavy (non-hydrogen) atoms. The number of halogens is 2. The van der Waals surface area contributed by atoms with Crippen LogP contribution in [0, 0.1) is 0 Å². The van der Waals surface area contributed by atoms with Gasteiger partial charge in [0.15, 0.2) is 0 Å². The molecule has 1 atom stereocenters. The van der Waals surface area contributed by atoms with Crippen LogP contribution in [-0.4, -0.2) is 9.55 Å². The van der Waals surface area contributed by atoms with Gasteiger partial charge in [0.2, 0.25) is 0 Å². The molecule has 0 amide bonds. The maximum Gasteiger partial charge on any atom is 0.125 e. The Balaban J connectivity index is 2.04. The average Bonchev–Trinajstić information content (AvgIpc) is 3.04. The van der Waals surface area contributed by atoms with Crippen LogP contribution in [-0.2, 0) is 12.3 Å². The first-order valence-corrected chi connectivity index (χ1v) is 8.23. The van der Waals surface area contributed by atoms with Crippen LogP contribution in [0.25, 0.3) is 11.0 Å². The van der Waals surface area contributed by atoms with Gasteiger partial charge in [0.05, 0.1) is 16.9 Å². The van der Waals surface area contributed by atoms with Crippen molar-refractivity contribution in [3.8, 4) is 0 Å². The van der Waals surface area contributed by atoms with Crippen molar-refractivity contribution < 1.29 is 0 Å². The van der Waals surface area contributed by atoms with Crippen LogP contribution in [0.3, 0.4) is 0 Å². The van der Waals surface area contributed by atoms with E-state index in [4.69, 9.17) is 23.2 Å². The lowest BCUT2D eigenvalue weighted by atomic mass is 10.2. The molecule has 5 heteroatoms. The number of rotatable bonds is 4. The summed E-state index contributed by atoms with van der Waals surface area (Å²) in [5.41, 5.74) is 2.00. The van der Waals surface area contributed by atoms with E-state index in [-0.39, 0.29) is 0 Å². The SMILES string of the molecule is CC(Cc1cccs1)n1c(CCl)nc2cc(Cl)ccc21. The first kappa shape index (κ1) is 13.9. The van der Waals surface area contributed by atoms with Crippen molar-refractivity contribution in [1.82, 2.24) is 9.55 Å². The number of thiophene rings is 1. The highest BCUT2D eigenvalue weighted by Crippen LogP contribution is 2.27. The maximum absolute atomic E-state index is 6.06. The van der Waals surface area contributed by atoms with Crippen LogP contribution >= 0.6 is 34.5 Å². The lowest BCUT2D eigenvalue weighted by Crippen LogP contribution is -2.10. The number of imidazole rings is 1. The highest BCUT2D eigenvalue weighted by Gasteiger charge is 2.16. The van der Waals surface area contributed by atoms with Gasteiger partial charge in [-0.05, 0) is 36.6 Å². The minimum atomic E-state index is 0.313. The summed E-state index contributed by atoms with van der Waals surface area (Å²) in [7, 11) is 0. The van der Waals surface area contributed by atoms with Crippen molar-refractivity contribution in [3.63, 3.8) is 0 Å². The molecular weight excluding hydrogens is 311 g/mol. The van der Waals surface area contributed by atoms with Crippen molar-refractivity contribution in [3.05, 3.63) is 51.4 Å². The minimum absolute atomic E-state index is 0.313. The van der Waals surface area contributed by atoms with Crippen molar-refractivity contribution in [2.45, 2.75) is 25.3 Å². The summed E-state index contributed by atoms with van der Waals surface area (Å²) in [6, 6.07) is 10.4. The van der Waals surface area contributed by atoms with E-state index in [0.717, 1.165) is 23.3 Å². The molecule has 0 fully saturated rings. The minimum Gasteiger partial charge on any atom is -0.324 e. The van der Waals surface area contributed by atoms with Gasteiger partial charge in [0.25, 0.3) is 0 Å². The second-order valence-electron chi connectivity index (χ2n) is 4.80. The first-order valence-electron chi connectivity index (χ1n) is 6.43. The van der Waals surface area contributed by atoms with E-state index in [1.807, 2.05) is 18.2 Å². The molecule has 0 spiro atoms. The zero-order valence-electron chi connectivity index (χ0n) is 11.0. The molecule has 3 rings (SSSR count). The number of hydrogen-bond donors (Lipinski definition) is 0. The third-order valence-electron chi connectivity index (χ3n) is 3.36. The van der Waals surface area contributed by atoms with Crippen LogP contribution in [0.5, 0.6) is 0 Å². The Kier molecular flexibility index (Phi) is 4.01. The smallest absolute Gasteiger partial charge is 0.125 e. The number of nitrogens with zero attached hydrogens (tertiary/aromatic N) is 2. The predicted octanol–water partition coefficient (Wildman–Crippen LogP) is 5.29. The molecule has 0 saturated carbocycles. The van der Waals surface area contributed by atoms with E-state index in [1.54, 1.807) is 11.3 Å². The molecule has 3 aromatic rings. The van der Waals surface area contributed by atoms with Crippen LogP contribution in [0.2, 0.25) is 5.02 Å². The van der Waals surface area contributed by atoms with Crippen molar-refractivity contribution in [1.29, 1.82) is 0 Å². The fourth-order valence-electron chi connectivity index (χ4n) is 2.52. The Hall–Kier alpha value is -1.03. The highest BCUT2D eigenvalue weighted by molar-refractivity contribution is 7.09. The summed E-state index contributed by atoms with van der Waals surface area (Å²) in [5.74, 6) is 1.30. The largest absolute Gasteiger partial charge is 0.324 e. The Morgan fingerprint density at radius 1 is 1.35 bits per heavy atom. The number of alkyl halides is 1. The molecule has 0 aliphatic carbocycles. The molecule has 0 aliphatic rings. The van der Waals surface area contributed by atoms with Crippen LogP contribution in [0.1, 0.15) is 23.7 Å². The molecule has 2 heterocycles. The fourth-order valence-corrected chi connectivity index (χ4v) is 3.70. The third kappa shape index (κ3) is 2.58. The number of fused-ring (bicyclic) bond motifs is 1. The molecule has 0 bridgehead atoms. The zero-order chi connectivity index (χ0) is 14.1. The van der Waals surface area contributed by atoms with Crippen molar-refractivity contribution in [2.75, 3.05) is 0 Å². The molecule has 1 unspecified atom stereocenters. The van der Waals surface area contributed by atoms with Crippen molar-refractivity contribution in [2.24, 2.45) is 0 Å². The quantitative estimate of drug-likeness (QED) is 0.596. The van der Waals surface area contributed by atoms with Crippen LogP contribution < -0.4 is 0 Å². The van der Waals surface area contributed by atoms with E-state index in [0.29, 0.717) is 16.9 Å². The monoisotopic (exact) mass is 324 g/mol. The molecule has 0 aliphatic heterocycles. The lowest BCUT2D eigenvalue weighted by Gasteiger charge is -2.16. The normalized spacial score (nSPS) is 12.9. The summed E-state index contributed by atoms with van der Waals surface area (Å²) in [4.78, 5) is 5.96. The fraction of sp³-hybridized carbons (Fsp3) is 0.267. The van der Waals surface area contributed by atoms with Crippen LogP contribution in [0.15, 0.2) is 35.7 Å². The molecule has 0 N–H and O–H groups in total. The maximum atomic E-state index is 6.06. The van der Waals surface area contributed by atoms with Gasteiger partial charge in [-0.25, -0.2) is 4.98 Å². The summed E-state index contributed by atoms with van der Waals surface area (Å²) in [6.45, 7) is 2.20. The van der Waals surface area contributed by atoms with Gasteiger partial charge < -0.3 is 4.57 Å². The van der Waals surface area contributed by atoms with Gasteiger partial charge in [0.1, 0.15) is 5.82 Å². The van der Waals surface area contributed by atoms with E-state index < -0.39 is 0 Å². The first-order chi connectivity index (χ1) is 9.69. The molecular formula is C15H14Cl2N2S. The summed E-state index contributed by atoms with van der Waals surface area (Å²) < 4.78 is 2.22. The van der Waals surface area contributed by atoms with Gasteiger partial charge >= 0.3 is 0 Å². The Morgan fingerprint density at radius 3 is 2.90 bits per heavy atom. The number of hydrogen-bond acceptors (Lipinski definition) is 2. The van der Waals surface area contributed by atoms with E-state index in [1.165, 1.54) is 4.88 Å². The summed E-state index contributed by atoms with van der Waals surface area (Å²) >= 11 is 13.9. The third-order valence-corrected chi connectivity index (χ3v) is 4.73. The second-order valence-corrected chi connectivity index (χ2v) is 6.53. The van der Waals surface area contributed by atoms with Gasteiger partial charge in [-0.2, -0.15) is 0 Å². The molecule has 104 valence electrons. The van der Waals surface area contributed by atoms with Gasteiger partial charge in [-0.1, -0.05) is 17.7 Å². The van der Waals surface area contributed by atoms with Crippen molar-refractivity contribution >= 4 is 45.6 Å². The number of benzene rings is 1. The molecule has 2 aromatic heterocycles. The molecule has 2 nitrogen and oxygen atoms in total. The predicted molar refractivity (Wildman–Crippen MR) is 87.0 cm³/mol. The van der Waals surface area contributed by atoms with Gasteiger partial charge in [-0.3, -0.25) is 0 Å².